The second kappa shape index (κ2) is 14.0. The minimum absolute atomic E-state index is 0.256. The molecule has 0 atom stereocenters. The van der Waals surface area contributed by atoms with Gasteiger partial charge in [0, 0.05) is 16.3 Å². The Kier molecular flexibility index (Phi) is 11.3. The molecule has 0 aliphatic heterocycles. The Bertz CT molecular complexity index is 1440. The van der Waals surface area contributed by atoms with Gasteiger partial charge >= 0.3 is 0 Å². The molecule has 0 aliphatic rings. The van der Waals surface area contributed by atoms with Crippen LogP contribution in [-0.2, 0) is 6.42 Å². The Labute approximate surface area is 231 Å². The molecular formula is C36H48N2. The molecule has 0 N–H and O–H groups in total. The first-order chi connectivity index (χ1) is 18.2. The fraction of sp³-hybridized carbons (Fsp3) is 0.361. The highest BCUT2D eigenvalue weighted by Crippen LogP contribution is 2.36. The van der Waals surface area contributed by atoms with Crippen LogP contribution in [0, 0.1) is 19.3 Å². The molecule has 0 radical (unpaired) electrons. The normalized spacial score (nSPS) is 10.8. The number of rotatable bonds is 3. The molecule has 2 aromatic heterocycles. The van der Waals surface area contributed by atoms with Gasteiger partial charge in [-0.05, 0) is 59.9 Å². The molecule has 0 spiro atoms. The smallest absolute Gasteiger partial charge is 0.145 e. The van der Waals surface area contributed by atoms with Crippen molar-refractivity contribution < 1.29 is 0 Å². The lowest BCUT2D eigenvalue weighted by Crippen LogP contribution is -2.09. The Morgan fingerprint density at radius 3 is 1.89 bits per heavy atom. The SMILES string of the molecule is C=C.CC.CCCC.Cc1cccc(C)c1-c1cnc2c3ccccc3c3cc(CC(C)(C)C)ccc3n12. The summed E-state index contributed by atoms with van der Waals surface area (Å²) in [4.78, 5) is 4.90. The predicted octanol–water partition coefficient (Wildman–Crippen LogP) is 11.1. The van der Waals surface area contributed by atoms with Crippen LogP contribution in [0.5, 0.6) is 0 Å². The molecule has 5 aromatic rings. The third-order valence-electron chi connectivity index (χ3n) is 6.49. The van der Waals surface area contributed by atoms with Gasteiger partial charge in [-0.3, -0.25) is 4.40 Å². The summed E-state index contributed by atoms with van der Waals surface area (Å²) in [7, 11) is 0. The lowest BCUT2D eigenvalue weighted by Gasteiger charge is -2.19. The van der Waals surface area contributed by atoms with Crippen molar-refractivity contribution in [2.75, 3.05) is 0 Å². The fourth-order valence-corrected chi connectivity index (χ4v) is 4.81. The number of aromatic nitrogens is 2. The second-order valence-corrected chi connectivity index (χ2v) is 10.7. The van der Waals surface area contributed by atoms with E-state index < -0.39 is 0 Å². The molecule has 2 heteroatoms. The Morgan fingerprint density at radius 2 is 1.34 bits per heavy atom. The van der Waals surface area contributed by atoms with E-state index in [0.717, 1.165) is 12.1 Å². The predicted molar refractivity (Wildman–Crippen MR) is 171 cm³/mol. The lowest BCUT2D eigenvalue weighted by atomic mass is 9.87. The van der Waals surface area contributed by atoms with Crippen molar-refractivity contribution >= 4 is 27.3 Å². The largest absolute Gasteiger partial charge is 0.292 e. The highest BCUT2D eigenvalue weighted by Gasteiger charge is 2.18. The standard InChI is InChI=1S/C28H28N2.C4H10.C2H6.C2H4/c1-18-9-8-10-19(2)26(18)25-17-29-27-22-12-7-6-11-21(22)23-15-20(16-28(3,4)5)13-14-24(23)30(25)27;1-3-4-2;2*1-2/h6-15,17H,16H2,1-5H3;3-4H2,1-2H3;1-2H3;1-2H2. The summed E-state index contributed by atoms with van der Waals surface area (Å²) in [5.41, 5.74) is 8.89. The van der Waals surface area contributed by atoms with Gasteiger partial charge in [0.05, 0.1) is 17.4 Å². The highest BCUT2D eigenvalue weighted by atomic mass is 15.0. The van der Waals surface area contributed by atoms with E-state index in [9.17, 15) is 0 Å². The number of imidazole rings is 1. The molecule has 0 unspecified atom stereocenters. The van der Waals surface area contributed by atoms with Crippen molar-refractivity contribution in [2.45, 2.75) is 81.6 Å². The van der Waals surface area contributed by atoms with E-state index in [1.165, 1.54) is 62.5 Å². The van der Waals surface area contributed by atoms with Crippen molar-refractivity contribution in [2.24, 2.45) is 5.41 Å². The summed E-state index contributed by atoms with van der Waals surface area (Å²) in [6.07, 6.45) is 5.74. The summed E-state index contributed by atoms with van der Waals surface area (Å²) in [6.45, 7) is 25.6. The van der Waals surface area contributed by atoms with Crippen LogP contribution in [0.2, 0.25) is 0 Å². The molecular weight excluding hydrogens is 460 g/mol. The van der Waals surface area contributed by atoms with Gasteiger partial charge in [0.1, 0.15) is 5.65 Å². The van der Waals surface area contributed by atoms with Crippen LogP contribution in [0.1, 0.15) is 78.0 Å². The van der Waals surface area contributed by atoms with Gasteiger partial charge in [0.25, 0.3) is 0 Å². The highest BCUT2D eigenvalue weighted by molar-refractivity contribution is 6.12. The average molecular weight is 509 g/mol. The number of unbranched alkanes of at least 4 members (excludes halogenated alkanes) is 1. The number of aryl methyl sites for hydroxylation is 2. The van der Waals surface area contributed by atoms with Gasteiger partial charge in [-0.1, -0.05) is 110 Å². The van der Waals surface area contributed by atoms with E-state index in [0.29, 0.717) is 0 Å². The first-order valence-corrected chi connectivity index (χ1v) is 14.1. The Hall–Kier alpha value is -3.39. The molecule has 0 bridgehead atoms. The van der Waals surface area contributed by atoms with Crippen molar-refractivity contribution in [3.63, 3.8) is 0 Å². The molecule has 5 rings (SSSR count). The first kappa shape index (κ1) is 30.8. The number of pyridine rings is 1. The van der Waals surface area contributed by atoms with Crippen LogP contribution in [0.4, 0.5) is 0 Å². The van der Waals surface area contributed by atoms with E-state index in [1.54, 1.807) is 0 Å². The number of hydrogen-bond donors (Lipinski definition) is 0. The first-order valence-electron chi connectivity index (χ1n) is 14.1. The zero-order valence-corrected chi connectivity index (χ0v) is 25.3. The van der Waals surface area contributed by atoms with Crippen LogP contribution in [-0.4, -0.2) is 9.38 Å². The molecule has 0 amide bonds. The summed E-state index contributed by atoms with van der Waals surface area (Å²) < 4.78 is 2.36. The molecule has 0 saturated heterocycles. The molecule has 0 aliphatic carbocycles. The fourth-order valence-electron chi connectivity index (χ4n) is 4.81. The maximum atomic E-state index is 4.90. The minimum Gasteiger partial charge on any atom is -0.292 e. The molecule has 0 fully saturated rings. The third kappa shape index (κ3) is 6.72. The zero-order valence-electron chi connectivity index (χ0n) is 25.3. The van der Waals surface area contributed by atoms with Crippen molar-refractivity contribution in [1.29, 1.82) is 0 Å². The van der Waals surface area contributed by atoms with Gasteiger partial charge in [-0.15, -0.1) is 13.2 Å². The zero-order chi connectivity index (χ0) is 28.5. The summed E-state index contributed by atoms with van der Waals surface area (Å²) in [6, 6.07) is 22.1. The van der Waals surface area contributed by atoms with Gasteiger partial charge in [0.2, 0.25) is 0 Å². The number of hydrogen-bond acceptors (Lipinski definition) is 1. The number of nitrogens with zero attached hydrogens (tertiary/aromatic N) is 2. The maximum Gasteiger partial charge on any atom is 0.145 e. The topological polar surface area (TPSA) is 17.3 Å². The Balaban J connectivity index is 0.000000571. The monoisotopic (exact) mass is 508 g/mol. The second-order valence-electron chi connectivity index (χ2n) is 10.7. The van der Waals surface area contributed by atoms with Crippen LogP contribution in [0.15, 0.2) is 80.0 Å². The lowest BCUT2D eigenvalue weighted by molar-refractivity contribution is 0.411. The van der Waals surface area contributed by atoms with Crippen LogP contribution >= 0.6 is 0 Å². The number of fused-ring (bicyclic) bond motifs is 6. The minimum atomic E-state index is 0.256. The van der Waals surface area contributed by atoms with E-state index in [1.807, 2.05) is 20.0 Å². The molecule has 3 aromatic carbocycles. The van der Waals surface area contributed by atoms with Crippen LogP contribution in [0.3, 0.4) is 0 Å². The molecule has 0 saturated carbocycles. The van der Waals surface area contributed by atoms with E-state index in [4.69, 9.17) is 4.98 Å². The van der Waals surface area contributed by atoms with Crippen molar-refractivity contribution in [3.8, 4) is 11.3 Å². The van der Waals surface area contributed by atoms with Crippen molar-refractivity contribution in [3.05, 3.63) is 96.7 Å². The summed E-state index contributed by atoms with van der Waals surface area (Å²) in [5, 5.41) is 3.77. The van der Waals surface area contributed by atoms with E-state index >= 15 is 0 Å². The van der Waals surface area contributed by atoms with Gasteiger partial charge in [-0.2, -0.15) is 0 Å². The van der Waals surface area contributed by atoms with Crippen LogP contribution < -0.4 is 0 Å². The molecule has 38 heavy (non-hydrogen) atoms. The average Bonchev–Trinajstić information content (AvgIpc) is 3.35. The van der Waals surface area contributed by atoms with Gasteiger partial charge in [-0.25, -0.2) is 4.98 Å². The molecule has 2 nitrogen and oxygen atoms in total. The van der Waals surface area contributed by atoms with E-state index in [2.05, 4.69) is 127 Å². The summed E-state index contributed by atoms with van der Waals surface area (Å²) >= 11 is 0. The van der Waals surface area contributed by atoms with Gasteiger partial charge < -0.3 is 0 Å². The third-order valence-corrected chi connectivity index (χ3v) is 6.49. The van der Waals surface area contributed by atoms with Gasteiger partial charge in [0.15, 0.2) is 0 Å². The number of benzene rings is 3. The molecule has 202 valence electrons. The van der Waals surface area contributed by atoms with Crippen LogP contribution in [0.25, 0.3) is 38.6 Å². The van der Waals surface area contributed by atoms with E-state index in [-0.39, 0.29) is 5.41 Å². The molecule has 2 heterocycles. The van der Waals surface area contributed by atoms with Crippen molar-refractivity contribution in [1.82, 2.24) is 9.38 Å². The Morgan fingerprint density at radius 1 is 0.763 bits per heavy atom. The summed E-state index contributed by atoms with van der Waals surface area (Å²) in [5.74, 6) is 0. The maximum absolute atomic E-state index is 4.90. The quantitative estimate of drug-likeness (QED) is 0.175.